The molecule has 0 radical (unpaired) electrons. The molecule has 1 saturated carbocycles. The molecule has 1 fully saturated rings. The van der Waals surface area contributed by atoms with Crippen LogP contribution in [0.1, 0.15) is 46.5 Å². The molecule has 1 aliphatic carbocycles. The predicted octanol–water partition coefficient (Wildman–Crippen LogP) is 3.77. The van der Waals surface area contributed by atoms with Crippen molar-refractivity contribution in [3.63, 3.8) is 0 Å². The largest absolute Gasteiger partial charge is 0.466 e. The molecule has 0 saturated heterocycles. The van der Waals surface area contributed by atoms with Crippen LogP contribution in [-0.2, 0) is 28.6 Å². The summed E-state index contributed by atoms with van der Waals surface area (Å²) < 4.78 is 15.4. The van der Waals surface area contributed by atoms with Crippen molar-refractivity contribution in [2.24, 2.45) is 17.3 Å². The van der Waals surface area contributed by atoms with Gasteiger partial charge < -0.3 is 14.2 Å². The lowest BCUT2D eigenvalue weighted by atomic mass is 9.64. The summed E-state index contributed by atoms with van der Waals surface area (Å²) in [6.07, 6.45) is 10.6. The summed E-state index contributed by atoms with van der Waals surface area (Å²) >= 11 is 0. The molecule has 0 aromatic carbocycles. The standard InChI is InChI=1S/C22H32O6/c1-5-9-11-18-16-22(20(24)27-7-3,21(25)28-8-4)15-14-17(18)12-10-13-19(23)26-6-2/h5,9-12,17-18H,1,6-8,13-16H2,2-4H3/b11-9+,12-10-/t17-,18+/m0/s1. The number of carbonyl (C=O) groups is 3. The zero-order valence-corrected chi connectivity index (χ0v) is 17.1. The average Bonchev–Trinajstić information content (AvgIpc) is 2.67. The van der Waals surface area contributed by atoms with E-state index in [9.17, 15) is 14.4 Å². The summed E-state index contributed by atoms with van der Waals surface area (Å²) in [5.41, 5.74) is -1.30. The number of esters is 3. The Morgan fingerprint density at radius 2 is 1.57 bits per heavy atom. The van der Waals surface area contributed by atoms with E-state index in [-0.39, 0.29) is 37.4 Å². The Kier molecular flexibility index (Phi) is 10.3. The minimum absolute atomic E-state index is 0.0843. The molecule has 156 valence electrons. The fourth-order valence-corrected chi connectivity index (χ4v) is 3.51. The Hall–Kier alpha value is -2.37. The molecule has 6 heteroatoms. The van der Waals surface area contributed by atoms with Crippen LogP contribution in [0.3, 0.4) is 0 Å². The number of rotatable bonds is 10. The Balaban J connectivity index is 3.05. The highest BCUT2D eigenvalue weighted by Crippen LogP contribution is 2.45. The first-order valence-corrected chi connectivity index (χ1v) is 9.91. The lowest BCUT2D eigenvalue weighted by molar-refractivity contribution is -0.176. The van der Waals surface area contributed by atoms with Crippen molar-refractivity contribution in [3.05, 3.63) is 37.0 Å². The van der Waals surface area contributed by atoms with Crippen LogP contribution in [-0.4, -0.2) is 37.7 Å². The van der Waals surface area contributed by atoms with Crippen LogP contribution in [0.25, 0.3) is 0 Å². The van der Waals surface area contributed by atoms with Gasteiger partial charge in [0.25, 0.3) is 0 Å². The summed E-state index contributed by atoms with van der Waals surface area (Å²) in [6.45, 7) is 9.65. The highest BCUT2D eigenvalue weighted by atomic mass is 16.6. The quantitative estimate of drug-likeness (QED) is 0.185. The van der Waals surface area contributed by atoms with E-state index in [4.69, 9.17) is 14.2 Å². The molecule has 0 aromatic rings. The summed E-state index contributed by atoms with van der Waals surface area (Å²) in [4.78, 5) is 36.9. The van der Waals surface area contributed by atoms with Gasteiger partial charge in [-0.1, -0.05) is 37.0 Å². The maximum Gasteiger partial charge on any atom is 0.323 e. The Labute approximate surface area is 167 Å². The van der Waals surface area contributed by atoms with Gasteiger partial charge in [0.05, 0.1) is 26.2 Å². The van der Waals surface area contributed by atoms with Gasteiger partial charge in [-0.3, -0.25) is 14.4 Å². The van der Waals surface area contributed by atoms with Crippen molar-refractivity contribution >= 4 is 17.9 Å². The van der Waals surface area contributed by atoms with Gasteiger partial charge >= 0.3 is 17.9 Å². The molecule has 0 spiro atoms. The average molecular weight is 392 g/mol. The monoisotopic (exact) mass is 392 g/mol. The molecule has 1 rings (SSSR count). The predicted molar refractivity (Wildman–Crippen MR) is 106 cm³/mol. The van der Waals surface area contributed by atoms with Gasteiger partial charge in [-0.2, -0.15) is 0 Å². The van der Waals surface area contributed by atoms with Crippen LogP contribution in [0.5, 0.6) is 0 Å². The number of carbonyl (C=O) groups excluding carboxylic acids is 3. The topological polar surface area (TPSA) is 78.9 Å². The first kappa shape index (κ1) is 23.7. The lowest BCUT2D eigenvalue weighted by Gasteiger charge is -2.39. The molecule has 0 unspecified atom stereocenters. The van der Waals surface area contributed by atoms with E-state index in [2.05, 4.69) is 6.58 Å². The van der Waals surface area contributed by atoms with Crippen molar-refractivity contribution in [1.82, 2.24) is 0 Å². The second-order valence-corrected chi connectivity index (χ2v) is 6.65. The van der Waals surface area contributed by atoms with E-state index >= 15 is 0 Å². The summed E-state index contributed by atoms with van der Waals surface area (Å²) in [5.74, 6) is -1.33. The molecule has 0 bridgehead atoms. The van der Waals surface area contributed by atoms with Gasteiger partial charge in [0.1, 0.15) is 0 Å². The van der Waals surface area contributed by atoms with Crippen LogP contribution in [0.15, 0.2) is 37.0 Å². The van der Waals surface area contributed by atoms with E-state index in [0.29, 0.717) is 25.9 Å². The zero-order chi connectivity index (χ0) is 21.0. The van der Waals surface area contributed by atoms with E-state index < -0.39 is 17.4 Å². The number of allylic oxidation sites excluding steroid dienone is 4. The first-order valence-electron chi connectivity index (χ1n) is 9.91. The fourth-order valence-electron chi connectivity index (χ4n) is 3.51. The number of hydrogen-bond donors (Lipinski definition) is 0. The Bertz CT molecular complexity index is 586. The first-order chi connectivity index (χ1) is 13.4. The molecule has 6 nitrogen and oxygen atoms in total. The van der Waals surface area contributed by atoms with Crippen molar-refractivity contribution < 1.29 is 28.6 Å². The van der Waals surface area contributed by atoms with Crippen LogP contribution in [0, 0.1) is 17.3 Å². The second kappa shape index (κ2) is 12.2. The molecule has 0 heterocycles. The van der Waals surface area contributed by atoms with Gasteiger partial charge in [-0.15, -0.1) is 0 Å². The third-order valence-corrected chi connectivity index (χ3v) is 4.84. The van der Waals surface area contributed by atoms with Gasteiger partial charge in [0.2, 0.25) is 0 Å². The highest BCUT2D eigenvalue weighted by molar-refractivity contribution is 6.00. The van der Waals surface area contributed by atoms with E-state index in [1.54, 1.807) is 32.9 Å². The van der Waals surface area contributed by atoms with E-state index in [0.717, 1.165) is 0 Å². The number of ether oxygens (including phenoxy) is 3. The summed E-state index contributed by atoms with van der Waals surface area (Å²) in [5, 5.41) is 0. The molecule has 0 amide bonds. The van der Waals surface area contributed by atoms with Gasteiger partial charge in [0, 0.05) is 0 Å². The Morgan fingerprint density at radius 3 is 2.11 bits per heavy atom. The smallest absolute Gasteiger partial charge is 0.323 e. The summed E-state index contributed by atoms with van der Waals surface area (Å²) in [7, 11) is 0. The molecular weight excluding hydrogens is 360 g/mol. The van der Waals surface area contributed by atoms with Crippen molar-refractivity contribution in [3.8, 4) is 0 Å². The molecule has 0 aliphatic heterocycles. The summed E-state index contributed by atoms with van der Waals surface area (Å²) in [6, 6.07) is 0. The van der Waals surface area contributed by atoms with Gasteiger partial charge in [-0.25, -0.2) is 0 Å². The molecule has 0 N–H and O–H groups in total. The van der Waals surface area contributed by atoms with E-state index in [1.807, 2.05) is 18.2 Å². The van der Waals surface area contributed by atoms with Gasteiger partial charge in [0.15, 0.2) is 5.41 Å². The Morgan fingerprint density at radius 1 is 0.964 bits per heavy atom. The molecular formula is C22H32O6. The fraction of sp³-hybridized carbons (Fsp3) is 0.591. The van der Waals surface area contributed by atoms with Crippen molar-refractivity contribution in [1.29, 1.82) is 0 Å². The number of hydrogen-bond acceptors (Lipinski definition) is 6. The maximum absolute atomic E-state index is 12.7. The molecule has 2 atom stereocenters. The van der Waals surface area contributed by atoms with E-state index in [1.165, 1.54) is 0 Å². The highest BCUT2D eigenvalue weighted by Gasteiger charge is 2.53. The van der Waals surface area contributed by atoms with Crippen LogP contribution < -0.4 is 0 Å². The lowest BCUT2D eigenvalue weighted by Crippen LogP contribution is -2.47. The van der Waals surface area contributed by atoms with Crippen LogP contribution >= 0.6 is 0 Å². The van der Waals surface area contributed by atoms with Crippen LogP contribution in [0.2, 0.25) is 0 Å². The van der Waals surface area contributed by atoms with Crippen LogP contribution in [0.4, 0.5) is 0 Å². The third-order valence-electron chi connectivity index (χ3n) is 4.84. The third kappa shape index (κ3) is 6.36. The van der Waals surface area contributed by atoms with Crippen molar-refractivity contribution in [2.45, 2.75) is 46.5 Å². The maximum atomic E-state index is 12.7. The second-order valence-electron chi connectivity index (χ2n) is 6.65. The minimum atomic E-state index is -1.30. The molecule has 0 aromatic heterocycles. The van der Waals surface area contributed by atoms with Gasteiger partial charge in [-0.05, 0) is 51.9 Å². The zero-order valence-electron chi connectivity index (χ0n) is 17.1. The SMILES string of the molecule is C=C/C=C/[C@@H]1CC(C(=O)OCC)(C(=O)OCC)CC[C@@H]1/C=C\CC(=O)OCC. The van der Waals surface area contributed by atoms with Crippen molar-refractivity contribution in [2.75, 3.05) is 19.8 Å². The normalized spacial score (nSPS) is 21.4. The molecule has 1 aliphatic rings. The molecule has 28 heavy (non-hydrogen) atoms. The minimum Gasteiger partial charge on any atom is -0.466 e.